The molecular weight excluding hydrogens is 412 g/mol. The van der Waals surface area contributed by atoms with E-state index in [1.807, 2.05) is 0 Å². The molecule has 0 unspecified atom stereocenters. The SMILES string of the molecule is O=C(COC(=O)c1ccc2c(c1)C(=O)N(Cc1ccco1)C2=O)c1ccc(F)c(F)c1. The van der Waals surface area contributed by atoms with Gasteiger partial charge in [-0.1, -0.05) is 0 Å². The summed E-state index contributed by atoms with van der Waals surface area (Å²) in [6.07, 6.45) is 1.42. The molecule has 1 aromatic heterocycles. The zero-order valence-corrected chi connectivity index (χ0v) is 15.8. The summed E-state index contributed by atoms with van der Waals surface area (Å²) in [6, 6.07) is 9.65. The van der Waals surface area contributed by atoms with Crippen LogP contribution in [0.1, 0.15) is 47.2 Å². The molecular formula is C22H13F2NO6. The Balaban J connectivity index is 1.45. The molecule has 0 saturated heterocycles. The molecule has 1 aliphatic rings. The molecule has 156 valence electrons. The predicted octanol–water partition coefficient (Wildman–Crippen LogP) is 3.39. The number of hydrogen-bond acceptors (Lipinski definition) is 6. The number of amides is 2. The highest BCUT2D eigenvalue weighted by Crippen LogP contribution is 2.26. The van der Waals surface area contributed by atoms with Gasteiger partial charge in [0, 0.05) is 5.56 Å². The fraction of sp³-hybridized carbons (Fsp3) is 0.0909. The van der Waals surface area contributed by atoms with Gasteiger partial charge in [-0.2, -0.15) is 0 Å². The summed E-state index contributed by atoms with van der Waals surface area (Å²) in [7, 11) is 0. The fourth-order valence-electron chi connectivity index (χ4n) is 3.09. The molecule has 0 spiro atoms. The molecule has 1 aliphatic heterocycles. The molecule has 0 fully saturated rings. The second kappa shape index (κ2) is 7.94. The largest absolute Gasteiger partial charge is 0.467 e. The van der Waals surface area contributed by atoms with E-state index in [9.17, 15) is 28.0 Å². The Bertz CT molecular complexity index is 1220. The third-order valence-electron chi connectivity index (χ3n) is 4.68. The zero-order chi connectivity index (χ0) is 22.1. The van der Waals surface area contributed by atoms with Gasteiger partial charge in [-0.05, 0) is 48.5 Å². The number of nitrogens with zero attached hydrogens (tertiary/aromatic N) is 1. The number of benzene rings is 2. The fourth-order valence-corrected chi connectivity index (χ4v) is 3.09. The Morgan fingerprint density at radius 1 is 0.903 bits per heavy atom. The van der Waals surface area contributed by atoms with Crippen molar-refractivity contribution < 1.29 is 37.1 Å². The van der Waals surface area contributed by atoms with Crippen LogP contribution in [-0.4, -0.2) is 35.1 Å². The summed E-state index contributed by atoms with van der Waals surface area (Å²) in [5.74, 6) is -4.64. The van der Waals surface area contributed by atoms with Gasteiger partial charge in [-0.25, -0.2) is 13.6 Å². The number of fused-ring (bicyclic) bond motifs is 1. The van der Waals surface area contributed by atoms with Crippen LogP contribution in [0.2, 0.25) is 0 Å². The lowest BCUT2D eigenvalue weighted by Crippen LogP contribution is -2.28. The number of halogens is 2. The molecule has 4 rings (SSSR count). The van der Waals surface area contributed by atoms with Gasteiger partial charge >= 0.3 is 5.97 Å². The van der Waals surface area contributed by atoms with Crippen molar-refractivity contribution in [2.24, 2.45) is 0 Å². The molecule has 0 aliphatic carbocycles. The minimum absolute atomic E-state index is 0.0259. The van der Waals surface area contributed by atoms with Gasteiger partial charge < -0.3 is 9.15 Å². The number of rotatable bonds is 6. The molecule has 0 atom stereocenters. The van der Waals surface area contributed by atoms with E-state index >= 15 is 0 Å². The van der Waals surface area contributed by atoms with E-state index in [1.165, 1.54) is 24.5 Å². The van der Waals surface area contributed by atoms with Crippen molar-refractivity contribution >= 4 is 23.6 Å². The van der Waals surface area contributed by atoms with E-state index in [4.69, 9.17) is 9.15 Å². The van der Waals surface area contributed by atoms with Crippen LogP contribution < -0.4 is 0 Å². The zero-order valence-electron chi connectivity index (χ0n) is 15.8. The van der Waals surface area contributed by atoms with Crippen molar-refractivity contribution in [3.05, 3.63) is 94.4 Å². The molecule has 7 nitrogen and oxygen atoms in total. The molecule has 2 aromatic carbocycles. The standard InChI is InChI=1S/C22H13F2NO6/c23-17-6-4-12(9-18(17)24)19(26)11-31-22(29)13-3-5-15-16(8-13)21(28)25(20(15)27)10-14-2-1-7-30-14/h1-9H,10-11H2. The highest BCUT2D eigenvalue weighted by Gasteiger charge is 2.36. The third kappa shape index (κ3) is 3.85. The summed E-state index contributed by atoms with van der Waals surface area (Å²) in [6.45, 7) is -0.764. The van der Waals surface area contributed by atoms with E-state index in [0.717, 1.165) is 17.0 Å². The Labute approximate surface area is 173 Å². The van der Waals surface area contributed by atoms with E-state index in [2.05, 4.69) is 0 Å². The van der Waals surface area contributed by atoms with Gasteiger partial charge in [0.2, 0.25) is 0 Å². The first-order valence-corrected chi connectivity index (χ1v) is 9.03. The van der Waals surface area contributed by atoms with Gasteiger partial charge in [-0.3, -0.25) is 19.3 Å². The van der Waals surface area contributed by atoms with E-state index in [1.54, 1.807) is 12.1 Å². The van der Waals surface area contributed by atoms with Crippen molar-refractivity contribution in [3.63, 3.8) is 0 Å². The molecule has 0 bridgehead atoms. The number of esters is 1. The van der Waals surface area contributed by atoms with Crippen molar-refractivity contribution in [1.29, 1.82) is 0 Å². The monoisotopic (exact) mass is 425 g/mol. The van der Waals surface area contributed by atoms with E-state index < -0.39 is 41.8 Å². The van der Waals surface area contributed by atoms with Crippen LogP contribution in [0.25, 0.3) is 0 Å². The number of ether oxygens (including phenoxy) is 1. The molecule has 0 saturated carbocycles. The number of carbonyl (C=O) groups is 4. The van der Waals surface area contributed by atoms with Gasteiger partial charge in [0.15, 0.2) is 24.0 Å². The van der Waals surface area contributed by atoms with Crippen LogP contribution in [0.15, 0.2) is 59.2 Å². The Morgan fingerprint density at radius 3 is 2.35 bits per heavy atom. The van der Waals surface area contributed by atoms with Crippen LogP contribution in [-0.2, 0) is 11.3 Å². The minimum atomic E-state index is -1.20. The third-order valence-corrected chi connectivity index (χ3v) is 4.68. The number of ketones is 1. The highest BCUT2D eigenvalue weighted by molar-refractivity contribution is 6.21. The Kier molecular flexibility index (Phi) is 5.16. The maximum absolute atomic E-state index is 13.2. The average Bonchev–Trinajstić information content (AvgIpc) is 3.36. The minimum Gasteiger partial charge on any atom is -0.467 e. The molecule has 3 aromatic rings. The normalized spacial score (nSPS) is 12.8. The summed E-state index contributed by atoms with van der Waals surface area (Å²) < 4.78 is 36.3. The summed E-state index contributed by atoms with van der Waals surface area (Å²) in [5, 5.41) is 0. The predicted molar refractivity (Wildman–Crippen MR) is 100 cm³/mol. The van der Waals surface area contributed by atoms with Gasteiger partial charge in [0.1, 0.15) is 5.76 Å². The van der Waals surface area contributed by atoms with Gasteiger partial charge in [-0.15, -0.1) is 0 Å². The summed E-state index contributed by atoms with van der Waals surface area (Å²) in [5.41, 5.74) is -0.0447. The van der Waals surface area contributed by atoms with Crippen LogP contribution in [0.5, 0.6) is 0 Å². The smallest absolute Gasteiger partial charge is 0.338 e. The topological polar surface area (TPSA) is 93.9 Å². The van der Waals surface area contributed by atoms with E-state index in [-0.39, 0.29) is 28.8 Å². The second-order valence-electron chi connectivity index (χ2n) is 6.66. The number of hydrogen-bond donors (Lipinski definition) is 0. The van der Waals surface area contributed by atoms with Gasteiger partial charge in [0.25, 0.3) is 11.8 Å². The van der Waals surface area contributed by atoms with Crippen molar-refractivity contribution in [3.8, 4) is 0 Å². The highest BCUT2D eigenvalue weighted by atomic mass is 19.2. The molecule has 0 radical (unpaired) electrons. The maximum Gasteiger partial charge on any atom is 0.338 e. The first-order valence-electron chi connectivity index (χ1n) is 9.03. The number of Topliss-reactive ketones (excluding diaryl/α,β-unsaturated/α-hetero) is 1. The molecule has 9 heteroatoms. The first-order chi connectivity index (χ1) is 14.8. The Hall–Kier alpha value is -4.14. The lowest BCUT2D eigenvalue weighted by Gasteiger charge is -2.11. The molecule has 2 heterocycles. The second-order valence-corrected chi connectivity index (χ2v) is 6.66. The van der Waals surface area contributed by atoms with E-state index in [0.29, 0.717) is 11.8 Å². The number of carbonyl (C=O) groups excluding carboxylic acids is 4. The maximum atomic E-state index is 13.2. The van der Waals surface area contributed by atoms with Crippen LogP contribution in [0.4, 0.5) is 8.78 Å². The lowest BCUT2D eigenvalue weighted by molar-refractivity contribution is 0.0474. The van der Waals surface area contributed by atoms with Crippen LogP contribution in [0, 0.1) is 11.6 Å². The molecule has 0 N–H and O–H groups in total. The summed E-state index contributed by atoms with van der Waals surface area (Å²) in [4.78, 5) is 50.4. The molecule has 2 amide bonds. The van der Waals surface area contributed by atoms with Crippen LogP contribution >= 0.6 is 0 Å². The average molecular weight is 425 g/mol. The Morgan fingerprint density at radius 2 is 1.65 bits per heavy atom. The number of furan rings is 1. The van der Waals surface area contributed by atoms with Crippen LogP contribution in [0.3, 0.4) is 0 Å². The quantitative estimate of drug-likeness (QED) is 0.341. The van der Waals surface area contributed by atoms with Crippen molar-refractivity contribution in [2.45, 2.75) is 6.54 Å². The van der Waals surface area contributed by atoms with Gasteiger partial charge in [0.05, 0.1) is 29.5 Å². The summed E-state index contributed by atoms with van der Waals surface area (Å²) >= 11 is 0. The lowest BCUT2D eigenvalue weighted by atomic mass is 10.1. The molecule has 31 heavy (non-hydrogen) atoms. The van der Waals surface area contributed by atoms with Crippen molar-refractivity contribution in [1.82, 2.24) is 4.90 Å². The number of imide groups is 1. The van der Waals surface area contributed by atoms with Crippen molar-refractivity contribution in [2.75, 3.05) is 6.61 Å². The first kappa shape index (κ1) is 20.1.